The molecular formula is C19H30FN5O2. The molecule has 0 aliphatic carbocycles. The van der Waals surface area contributed by atoms with Gasteiger partial charge in [0.1, 0.15) is 11.4 Å². The number of amides is 1. The van der Waals surface area contributed by atoms with Crippen molar-refractivity contribution in [3.63, 3.8) is 0 Å². The second-order valence-corrected chi connectivity index (χ2v) is 7.42. The highest BCUT2D eigenvalue weighted by atomic mass is 19.1. The minimum absolute atomic E-state index is 0.264. The Morgan fingerprint density at radius 3 is 2.44 bits per heavy atom. The number of piperazine rings is 1. The number of hydrogen-bond acceptors (Lipinski definition) is 4. The lowest BCUT2D eigenvalue weighted by molar-refractivity contribution is 0.0240. The van der Waals surface area contributed by atoms with E-state index in [0.29, 0.717) is 44.4 Å². The highest BCUT2D eigenvalue weighted by Crippen LogP contribution is 2.22. The Bertz CT molecular complexity index is 679. The molecule has 7 nitrogen and oxygen atoms in total. The van der Waals surface area contributed by atoms with E-state index in [9.17, 15) is 9.18 Å². The molecule has 0 atom stereocenters. The first kappa shape index (κ1) is 20.8. The molecule has 0 radical (unpaired) electrons. The van der Waals surface area contributed by atoms with Gasteiger partial charge in [-0.1, -0.05) is 6.07 Å². The molecule has 0 unspecified atom stereocenters. The van der Waals surface area contributed by atoms with Crippen molar-refractivity contribution in [2.75, 3.05) is 45.2 Å². The zero-order chi connectivity index (χ0) is 20.0. The number of halogens is 1. The number of carbonyl (C=O) groups is 1. The van der Waals surface area contributed by atoms with Crippen LogP contribution >= 0.6 is 0 Å². The van der Waals surface area contributed by atoms with E-state index in [4.69, 9.17) is 4.74 Å². The molecule has 1 aromatic carbocycles. The number of carbonyl (C=O) groups excluding carboxylic acids is 1. The van der Waals surface area contributed by atoms with E-state index in [0.717, 1.165) is 5.56 Å². The van der Waals surface area contributed by atoms with Crippen LogP contribution < -0.4 is 15.5 Å². The Kier molecular flexibility index (Phi) is 6.87. The highest BCUT2D eigenvalue weighted by Gasteiger charge is 2.26. The zero-order valence-corrected chi connectivity index (χ0v) is 16.8. The molecule has 1 amide bonds. The van der Waals surface area contributed by atoms with Gasteiger partial charge in [0.2, 0.25) is 0 Å². The highest BCUT2D eigenvalue weighted by molar-refractivity contribution is 5.79. The largest absolute Gasteiger partial charge is 0.444 e. The van der Waals surface area contributed by atoms with Gasteiger partial charge >= 0.3 is 6.09 Å². The quantitative estimate of drug-likeness (QED) is 0.622. The molecule has 0 saturated carbocycles. The molecule has 8 heteroatoms. The summed E-state index contributed by atoms with van der Waals surface area (Å²) in [6, 6.07) is 5.22. The van der Waals surface area contributed by atoms with Crippen LogP contribution in [0.25, 0.3) is 0 Å². The molecule has 27 heavy (non-hydrogen) atoms. The standard InChI is InChI=1S/C19H30FN5O2/c1-19(2,3)27-18(26)25-10-8-24(9-11-25)16-7-6-14(12-15(16)20)13-23-17(21-4)22-5/h6-7,12H,8-11,13H2,1-5H3,(H2,21,22,23). The molecule has 1 saturated heterocycles. The number of ether oxygens (including phenoxy) is 1. The molecule has 1 fully saturated rings. The van der Waals surface area contributed by atoms with Crippen molar-refractivity contribution in [1.82, 2.24) is 15.5 Å². The number of anilines is 1. The minimum Gasteiger partial charge on any atom is -0.444 e. The Hall–Kier alpha value is -2.51. The minimum atomic E-state index is -0.514. The number of nitrogens with one attached hydrogen (secondary N) is 2. The van der Waals surface area contributed by atoms with Crippen LogP contribution in [0.4, 0.5) is 14.9 Å². The maximum atomic E-state index is 14.6. The molecule has 1 aromatic rings. The van der Waals surface area contributed by atoms with E-state index in [1.807, 2.05) is 31.7 Å². The third-order valence-corrected chi connectivity index (χ3v) is 4.20. The van der Waals surface area contributed by atoms with Gasteiger partial charge in [0, 0.05) is 46.8 Å². The third kappa shape index (κ3) is 6.01. The first-order valence-electron chi connectivity index (χ1n) is 9.13. The zero-order valence-electron chi connectivity index (χ0n) is 16.8. The predicted molar refractivity (Wildman–Crippen MR) is 106 cm³/mol. The number of benzene rings is 1. The Morgan fingerprint density at radius 1 is 1.26 bits per heavy atom. The summed E-state index contributed by atoms with van der Waals surface area (Å²) in [6.07, 6.45) is -0.318. The topological polar surface area (TPSA) is 69.2 Å². The monoisotopic (exact) mass is 379 g/mol. The summed E-state index contributed by atoms with van der Waals surface area (Å²) >= 11 is 0. The Balaban J connectivity index is 1.93. The first-order valence-corrected chi connectivity index (χ1v) is 9.13. The van der Waals surface area contributed by atoms with Crippen LogP contribution in [-0.4, -0.2) is 62.8 Å². The average molecular weight is 379 g/mol. The van der Waals surface area contributed by atoms with Crippen LogP contribution in [0.5, 0.6) is 0 Å². The lowest BCUT2D eigenvalue weighted by Gasteiger charge is -2.36. The fourth-order valence-electron chi connectivity index (χ4n) is 2.84. The van der Waals surface area contributed by atoms with Crippen molar-refractivity contribution >= 4 is 17.7 Å². The molecule has 1 aliphatic rings. The van der Waals surface area contributed by atoms with E-state index in [1.54, 1.807) is 25.1 Å². The van der Waals surface area contributed by atoms with Gasteiger partial charge in [0.25, 0.3) is 0 Å². The smallest absolute Gasteiger partial charge is 0.410 e. The summed E-state index contributed by atoms with van der Waals surface area (Å²) in [4.78, 5) is 19.8. The van der Waals surface area contributed by atoms with Crippen LogP contribution in [0.3, 0.4) is 0 Å². The third-order valence-electron chi connectivity index (χ3n) is 4.20. The SMILES string of the molecule is CN=C(NC)NCc1ccc(N2CCN(C(=O)OC(C)(C)C)CC2)c(F)c1. The van der Waals surface area contributed by atoms with Gasteiger partial charge in [-0.05, 0) is 38.5 Å². The van der Waals surface area contributed by atoms with Crippen molar-refractivity contribution in [3.8, 4) is 0 Å². The Morgan fingerprint density at radius 2 is 1.93 bits per heavy atom. The summed E-state index contributed by atoms with van der Waals surface area (Å²) in [5.41, 5.74) is 0.875. The van der Waals surface area contributed by atoms with Gasteiger partial charge in [0.05, 0.1) is 5.69 Å². The molecule has 1 aliphatic heterocycles. The summed E-state index contributed by atoms with van der Waals surface area (Å²) < 4.78 is 20.0. The van der Waals surface area contributed by atoms with Crippen LogP contribution in [-0.2, 0) is 11.3 Å². The molecule has 2 N–H and O–H groups in total. The lowest BCUT2D eigenvalue weighted by Crippen LogP contribution is -2.50. The van der Waals surface area contributed by atoms with E-state index in [2.05, 4.69) is 15.6 Å². The fourth-order valence-corrected chi connectivity index (χ4v) is 2.84. The van der Waals surface area contributed by atoms with Crippen LogP contribution in [0.2, 0.25) is 0 Å². The summed E-state index contributed by atoms with van der Waals surface area (Å²) in [7, 11) is 3.45. The maximum Gasteiger partial charge on any atom is 0.410 e. The summed E-state index contributed by atoms with van der Waals surface area (Å²) in [5, 5.41) is 6.02. The number of hydrogen-bond donors (Lipinski definition) is 2. The second-order valence-electron chi connectivity index (χ2n) is 7.42. The maximum absolute atomic E-state index is 14.6. The van der Waals surface area contributed by atoms with Crippen molar-refractivity contribution in [3.05, 3.63) is 29.6 Å². The molecular weight excluding hydrogens is 349 g/mol. The van der Waals surface area contributed by atoms with Gasteiger partial charge in [-0.15, -0.1) is 0 Å². The summed E-state index contributed by atoms with van der Waals surface area (Å²) in [5.74, 6) is 0.386. The van der Waals surface area contributed by atoms with Crippen LogP contribution in [0, 0.1) is 5.82 Å². The number of rotatable bonds is 3. The number of aliphatic imine (C=N–C) groups is 1. The van der Waals surface area contributed by atoms with Crippen molar-refractivity contribution in [1.29, 1.82) is 0 Å². The number of nitrogens with zero attached hydrogens (tertiary/aromatic N) is 3. The number of guanidine groups is 1. The van der Waals surface area contributed by atoms with Crippen LogP contribution in [0.1, 0.15) is 26.3 Å². The first-order chi connectivity index (χ1) is 12.7. The van der Waals surface area contributed by atoms with Gasteiger partial charge in [-0.25, -0.2) is 9.18 Å². The van der Waals surface area contributed by atoms with Gasteiger partial charge in [-0.2, -0.15) is 0 Å². The molecule has 0 bridgehead atoms. The van der Waals surface area contributed by atoms with Crippen molar-refractivity contribution in [2.24, 2.45) is 4.99 Å². The predicted octanol–water partition coefficient (Wildman–Crippen LogP) is 2.18. The lowest BCUT2D eigenvalue weighted by atomic mass is 10.1. The summed E-state index contributed by atoms with van der Waals surface area (Å²) in [6.45, 7) is 8.18. The van der Waals surface area contributed by atoms with Gasteiger partial charge in [-0.3, -0.25) is 4.99 Å². The van der Waals surface area contributed by atoms with E-state index in [-0.39, 0.29) is 11.9 Å². The fraction of sp³-hybridized carbons (Fsp3) is 0.579. The van der Waals surface area contributed by atoms with E-state index >= 15 is 0 Å². The van der Waals surface area contributed by atoms with Crippen LogP contribution in [0.15, 0.2) is 23.2 Å². The molecule has 0 aromatic heterocycles. The molecule has 1 heterocycles. The van der Waals surface area contributed by atoms with Gasteiger partial charge in [0.15, 0.2) is 5.96 Å². The average Bonchev–Trinajstić information content (AvgIpc) is 2.61. The molecule has 0 spiro atoms. The van der Waals surface area contributed by atoms with Crippen molar-refractivity contribution < 1.29 is 13.9 Å². The van der Waals surface area contributed by atoms with Crippen molar-refractivity contribution in [2.45, 2.75) is 32.9 Å². The normalized spacial score (nSPS) is 15.6. The molecule has 2 rings (SSSR count). The second kappa shape index (κ2) is 8.92. The van der Waals surface area contributed by atoms with Gasteiger partial charge < -0.3 is 25.2 Å². The molecule has 150 valence electrons. The van der Waals surface area contributed by atoms with E-state index in [1.165, 1.54) is 6.07 Å². The Labute approximate surface area is 160 Å². The van der Waals surface area contributed by atoms with E-state index < -0.39 is 5.60 Å².